The quantitative estimate of drug-likeness (QED) is 0.551. The molecule has 0 amide bonds. The third-order valence-electron chi connectivity index (χ3n) is 2.24. The van der Waals surface area contributed by atoms with E-state index in [0.29, 0.717) is 0 Å². The Hall–Kier alpha value is -0.990. The number of carboxylic acid groups (broad SMARTS) is 1. The maximum Gasteiger partial charge on any atom is 0.372 e. The minimum atomic E-state index is -5.64. The van der Waals surface area contributed by atoms with Crippen LogP contribution >= 0.6 is 0 Å². The van der Waals surface area contributed by atoms with Crippen LogP contribution in [0.3, 0.4) is 0 Å². The number of hydrogen-bond donors (Lipinski definition) is 1. The van der Waals surface area contributed by atoms with Crippen LogP contribution in [0.2, 0.25) is 0 Å². The summed E-state index contributed by atoms with van der Waals surface area (Å²) in [6.45, 7) is 0. The van der Waals surface area contributed by atoms with E-state index < -0.39 is 34.8 Å². The van der Waals surface area contributed by atoms with Crippen molar-refractivity contribution < 1.29 is 36.2 Å². The molecule has 1 saturated heterocycles. The molecule has 0 aromatic rings. The minimum absolute atomic E-state index is 0.202. The average molecular weight is 237 g/mol. The number of nitrogens with zero attached hydrogens (tertiary/aromatic N) is 1. The Kier molecular flexibility index (Phi) is 2.23. The van der Waals surface area contributed by atoms with E-state index in [1.54, 1.807) is 0 Å². The van der Waals surface area contributed by atoms with E-state index in [1.807, 2.05) is 0 Å². The molecule has 3 nitrogen and oxygen atoms in total. The zero-order valence-corrected chi connectivity index (χ0v) is 7.15. The lowest BCUT2D eigenvalue weighted by Crippen LogP contribution is -2.58. The van der Waals surface area contributed by atoms with Crippen LogP contribution in [0, 0.1) is 0 Å². The molecule has 0 bridgehead atoms. The standard InChI is InChI=1S/C6H5F6NO2/c1-13-2(7)4(8,9)6(11,12)5(13,10)3(14)15/h2H,1H3,(H,14,15). The van der Waals surface area contributed by atoms with Gasteiger partial charge in [0, 0.05) is 0 Å². The highest BCUT2D eigenvalue weighted by molar-refractivity contribution is 5.79. The highest BCUT2D eigenvalue weighted by Crippen LogP contribution is 2.55. The van der Waals surface area contributed by atoms with E-state index in [0.717, 1.165) is 0 Å². The number of rotatable bonds is 1. The summed E-state index contributed by atoms with van der Waals surface area (Å²) in [5, 5.41) is 8.13. The van der Waals surface area contributed by atoms with Gasteiger partial charge >= 0.3 is 23.6 Å². The number of halogens is 6. The van der Waals surface area contributed by atoms with Crippen molar-refractivity contribution in [2.24, 2.45) is 0 Å². The number of hydrogen-bond acceptors (Lipinski definition) is 2. The van der Waals surface area contributed by atoms with Crippen molar-refractivity contribution in [3.63, 3.8) is 0 Å². The monoisotopic (exact) mass is 237 g/mol. The van der Waals surface area contributed by atoms with Gasteiger partial charge < -0.3 is 5.11 Å². The van der Waals surface area contributed by atoms with Gasteiger partial charge in [0.1, 0.15) is 0 Å². The van der Waals surface area contributed by atoms with Crippen molar-refractivity contribution in [1.29, 1.82) is 0 Å². The van der Waals surface area contributed by atoms with Crippen LogP contribution in [0.1, 0.15) is 0 Å². The maximum absolute atomic E-state index is 13.2. The largest absolute Gasteiger partial charge is 0.478 e. The van der Waals surface area contributed by atoms with Gasteiger partial charge in [0.2, 0.25) is 6.30 Å². The van der Waals surface area contributed by atoms with E-state index in [1.165, 1.54) is 0 Å². The topological polar surface area (TPSA) is 40.5 Å². The summed E-state index contributed by atoms with van der Waals surface area (Å²) in [4.78, 5) is 9.35. The zero-order chi connectivity index (χ0) is 12.2. The Morgan fingerprint density at radius 1 is 1.27 bits per heavy atom. The van der Waals surface area contributed by atoms with Crippen LogP contribution < -0.4 is 0 Å². The highest BCUT2D eigenvalue weighted by Gasteiger charge is 2.86. The number of carbonyl (C=O) groups is 1. The molecule has 0 saturated carbocycles. The molecule has 0 radical (unpaired) electrons. The van der Waals surface area contributed by atoms with E-state index in [4.69, 9.17) is 5.11 Å². The molecule has 1 aliphatic rings. The van der Waals surface area contributed by atoms with Gasteiger partial charge in [-0.3, -0.25) is 0 Å². The number of likely N-dealkylation sites (tertiary alicyclic amines) is 1. The Morgan fingerprint density at radius 2 is 1.67 bits per heavy atom. The molecule has 15 heavy (non-hydrogen) atoms. The Labute approximate surface area is 79.3 Å². The molecule has 2 atom stereocenters. The van der Waals surface area contributed by atoms with Crippen molar-refractivity contribution in [3.8, 4) is 0 Å². The van der Waals surface area contributed by atoms with Gasteiger partial charge in [0.05, 0.1) is 0 Å². The summed E-state index contributed by atoms with van der Waals surface area (Å²) in [5.74, 6) is -18.7. The molecule has 2 unspecified atom stereocenters. The lowest BCUT2D eigenvalue weighted by Gasteiger charge is -2.27. The minimum Gasteiger partial charge on any atom is -0.478 e. The third-order valence-corrected chi connectivity index (χ3v) is 2.24. The van der Waals surface area contributed by atoms with Crippen molar-refractivity contribution in [1.82, 2.24) is 4.90 Å². The molecule has 9 heteroatoms. The molecule has 0 aliphatic carbocycles. The second-order valence-electron chi connectivity index (χ2n) is 3.07. The van der Waals surface area contributed by atoms with Crippen molar-refractivity contribution in [2.75, 3.05) is 7.05 Å². The number of alkyl halides is 6. The summed E-state index contributed by atoms with van der Waals surface area (Å²) in [6.07, 6.45) is -3.70. The fourth-order valence-electron chi connectivity index (χ4n) is 1.28. The van der Waals surface area contributed by atoms with E-state index >= 15 is 0 Å². The summed E-state index contributed by atoms with van der Waals surface area (Å²) >= 11 is 0. The van der Waals surface area contributed by atoms with Crippen LogP contribution in [0.25, 0.3) is 0 Å². The number of carboxylic acids is 1. The molecule has 0 aromatic heterocycles. The fraction of sp³-hybridized carbons (Fsp3) is 0.833. The van der Waals surface area contributed by atoms with Crippen molar-refractivity contribution in [3.05, 3.63) is 0 Å². The first-order valence-corrected chi connectivity index (χ1v) is 3.56. The van der Waals surface area contributed by atoms with Crippen LogP contribution in [-0.4, -0.2) is 47.0 Å². The number of likely N-dealkylation sites (N-methyl/N-ethyl adjacent to an activating group) is 1. The van der Waals surface area contributed by atoms with Gasteiger partial charge in [-0.1, -0.05) is 0 Å². The van der Waals surface area contributed by atoms with Crippen LogP contribution in [0.5, 0.6) is 0 Å². The SMILES string of the molecule is CN1C(F)C(F)(F)C(F)(F)C1(F)C(=O)O. The molecule has 1 aliphatic heterocycles. The predicted molar refractivity (Wildman–Crippen MR) is 34.0 cm³/mol. The Bertz CT molecular complexity index is 308. The number of aliphatic carboxylic acids is 1. The van der Waals surface area contributed by atoms with Gasteiger partial charge in [0.15, 0.2) is 0 Å². The summed E-state index contributed by atoms with van der Waals surface area (Å²) in [6, 6.07) is 0. The lowest BCUT2D eigenvalue weighted by molar-refractivity contribution is -0.252. The third kappa shape index (κ3) is 1.04. The van der Waals surface area contributed by atoms with Gasteiger partial charge in [-0.05, 0) is 7.05 Å². The van der Waals surface area contributed by atoms with Crippen molar-refractivity contribution >= 4 is 5.97 Å². The Balaban J connectivity index is 3.39. The predicted octanol–water partition coefficient (Wildman–Crippen LogP) is 1.25. The average Bonchev–Trinajstić information content (AvgIpc) is 2.19. The summed E-state index contributed by atoms with van der Waals surface area (Å²) in [7, 11) is 0.202. The van der Waals surface area contributed by atoms with Crippen LogP contribution in [0.4, 0.5) is 26.3 Å². The lowest BCUT2D eigenvalue weighted by atomic mass is 10.1. The van der Waals surface area contributed by atoms with Crippen LogP contribution in [0.15, 0.2) is 0 Å². The second-order valence-corrected chi connectivity index (χ2v) is 3.07. The summed E-state index contributed by atoms with van der Waals surface area (Å²) in [5.41, 5.74) is 0. The smallest absolute Gasteiger partial charge is 0.372 e. The van der Waals surface area contributed by atoms with Crippen molar-refractivity contribution in [2.45, 2.75) is 23.9 Å². The van der Waals surface area contributed by atoms with Crippen LogP contribution in [-0.2, 0) is 4.79 Å². The first-order valence-electron chi connectivity index (χ1n) is 3.56. The molecule has 1 fully saturated rings. The van der Waals surface area contributed by atoms with E-state index in [-0.39, 0.29) is 7.05 Å². The normalized spacial score (nSPS) is 39.3. The summed E-state index contributed by atoms with van der Waals surface area (Å²) < 4.78 is 76.4. The fourth-order valence-corrected chi connectivity index (χ4v) is 1.28. The maximum atomic E-state index is 13.2. The molecular formula is C6H5F6NO2. The first kappa shape index (κ1) is 12.1. The van der Waals surface area contributed by atoms with E-state index in [2.05, 4.69) is 0 Å². The molecule has 0 aromatic carbocycles. The second kappa shape index (κ2) is 2.77. The molecule has 1 rings (SSSR count). The molecule has 1 N–H and O–H groups in total. The molecule has 1 heterocycles. The molecule has 88 valence electrons. The van der Waals surface area contributed by atoms with Gasteiger partial charge in [-0.2, -0.15) is 17.6 Å². The Morgan fingerprint density at radius 3 is 1.80 bits per heavy atom. The van der Waals surface area contributed by atoms with Gasteiger partial charge in [-0.25, -0.2) is 18.5 Å². The first-order chi connectivity index (χ1) is 6.51. The zero-order valence-electron chi connectivity index (χ0n) is 7.15. The highest BCUT2D eigenvalue weighted by atomic mass is 19.3. The molecular weight excluding hydrogens is 232 g/mol. The van der Waals surface area contributed by atoms with E-state index in [9.17, 15) is 31.1 Å². The van der Waals surface area contributed by atoms with Gasteiger partial charge in [0.25, 0.3) is 0 Å². The molecule has 0 spiro atoms. The van der Waals surface area contributed by atoms with Gasteiger partial charge in [-0.15, -0.1) is 0 Å².